The number of nitrogens with one attached hydrogen (secondary N) is 2. The minimum atomic E-state index is -0.510. The van der Waals surface area contributed by atoms with Crippen LogP contribution in [0.25, 0.3) is 16.5 Å². The van der Waals surface area contributed by atoms with Crippen molar-refractivity contribution in [2.45, 2.75) is 20.8 Å². The lowest BCUT2D eigenvalue weighted by Crippen LogP contribution is -2.20. The first-order valence-electron chi connectivity index (χ1n) is 8.62. The summed E-state index contributed by atoms with van der Waals surface area (Å²) in [6.45, 7) is 9.67. The van der Waals surface area contributed by atoms with Crippen LogP contribution in [0.3, 0.4) is 0 Å². The molecular formula is C21H24N4O2. The van der Waals surface area contributed by atoms with Crippen LogP contribution in [0, 0.1) is 5.41 Å². The number of aromatic nitrogens is 2. The summed E-state index contributed by atoms with van der Waals surface area (Å²) in [5.74, 6) is 1.19. The van der Waals surface area contributed by atoms with E-state index in [4.69, 9.17) is 10.5 Å². The molecule has 4 N–H and O–H groups in total. The molecule has 0 radical (unpaired) electrons. The molecule has 6 heteroatoms. The monoisotopic (exact) mass is 364 g/mol. The van der Waals surface area contributed by atoms with Crippen LogP contribution < -0.4 is 10.5 Å². The summed E-state index contributed by atoms with van der Waals surface area (Å²) in [5.41, 5.74) is 9.03. The molecule has 0 aliphatic rings. The van der Waals surface area contributed by atoms with Crippen LogP contribution in [0.5, 0.6) is 5.75 Å². The van der Waals surface area contributed by atoms with Crippen LogP contribution in [0.2, 0.25) is 0 Å². The molecule has 3 rings (SSSR count). The van der Waals surface area contributed by atoms with E-state index >= 15 is 0 Å². The van der Waals surface area contributed by atoms with Gasteiger partial charge >= 0.3 is 0 Å². The van der Waals surface area contributed by atoms with E-state index in [2.05, 4.69) is 21.5 Å². The van der Waals surface area contributed by atoms with Crippen LogP contribution in [-0.2, 0) is 0 Å². The molecule has 1 aromatic carbocycles. The van der Waals surface area contributed by atoms with E-state index in [9.17, 15) is 4.79 Å². The number of nitrogens with two attached hydrogens (primary N) is 1. The molecule has 2 aromatic heterocycles. The normalized spacial score (nSPS) is 12.0. The molecule has 140 valence electrons. The number of fused-ring (bicyclic) bond motifs is 1. The molecule has 0 unspecified atom stereocenters. The third-order valence-electron chi connectivity index (χ3n) is 4.41. The number of rotatable bonds is 5. The van der Waals surface area contributed by atoms with Gasteiger partial charge in [0.25, 0.3) is 0 Å². The van der Waals surface area contributed by atoms with Crippen molar-refractivity contribution >= 4 is 40.0 Å². The highest BCUT2D eigenvalue weighted by molar-refractivity contribution is 6.15. The number of hydrogen-bond donors (Lipinski definition) is 3. The lowest BCUT2D eigenvalue weighted by molar-refractivity contribution is 0.0859. The maximum absolute atomic E-state index is 12.4. The number of Topliss-reactive ketones (excluding diaryl/α,β-unsaturated/α-hetero) is 1. The van der Waals surface area contributed by atoms with Gasteiger partial charge in [0.15, 0.2) is 11.6 Å². The van der Waals surface area contributed by atoms with E-state index in [-0.39, 0.29) is 5.78 Å². The average molecular weight is 364 g/mol. The molecule has 3 aromatic rings. The quantitative estimate of drug-likeness (QED) is 0.451. The molecule has 0 aliphatic carbocycles. The van der Waals surface area contributed by atoms with Crippen molar-refractivity contribution in [3.8, 4) is 5.75 Å². The van der Waals surface area contributed by atoms with Gasteiger partial charge in [-0.25, -0.2) is 4.99 Å². The van der Waals surface area contributed by atoms with Crippen molar-refractivity contribution in [1.29, 1.82) is 0 Å². The van der Waals surface area contributed by atoms with Gasteiger partial charge in [0.1, 0.15) is 5.75 Å². The first kappa shape index (κ1) is 18.5. The molecule has 0 atom stereocenters. The maximum Gasteiger partial charge on any atom is 0.171 e. The smallest absolute Gasteiger partial charge is 0.171 e. The standard InChI is InChI=1S/C21H24N4O2/c1-12(15-10-23-17-7-6-13(27-5)8-14(15)17)9-24-20-18(22)16(11-25-20)19(26)21(2,3)4/h6-11,23,25H,1,22H2,2-5H3. The lowest BCUT2D eigenvalue weighted by Gasteiger charge is -2.15. The van der Waals surface area contributed by atoms with Crippen molar-refractivity contribution in [3.05, 3.63) is 48.3 Å². The Kier molecular flexibility index (Phi) is 4.66. The van der Waals surface area contributed by atoms with Crippen LogP contribution >= 0.6 is 0 Å². The fourth-order valence-corrected chi connectivity index (χ4v) is 2.83. The molecule has 6 nitrogen and oxygen atoms in total. The van der Waals surface area contributed by atoms with Gasteiger partial charge in [-0.3, -0.25) is 4.79 Å². The minimum Gasteiger partial charge on any atom is -0.497 e. The Morgan fingerprint density at radius 2 is 1.93 bits per heavy atom. The van der Waals surface area contributed by atoms with Crippen LogP contribution in [0.1, 0.15) is 36.7 Å². The highest BCUT2D eigenvalue weighted by Gasteiger charge is 2.26. The minimum absolute atomic E-state index is 0.0275. The summed E-state index contributed by atoms with van der Waals surface area (Å²) in [6.07, 6.45) is 5.12. The zero-order chi connectivity index (χ0) is 19.8. The third kappa shape index (κ3) is 3.51. The zero-order valence-electron chi connectivity index (χ0n) is 16.0. The van der Waals surface area contributed by atoms with Crippen molar-refractivity contribution in [2.75, 3.05) is 12.8 Å². The average Bonchev–Trinajstić information content (AvgIpc) is 3.21. The summed E-state index contributed by atoms with van der Waals surface area (Å²) < 4.78 is 5.29. The number of ketones is 1. The molecule has 0 saturated heterocycles. The number of ether oxygens (including phenoxy) is 1. The highest BCUT2D eigenvalue weighted by atomic mass is 16.5. The Labute approximate surface area is 158 Å². The Balaban J connectivity index is 1.88. The molecule has 0 fully saturated rings. The van der Waals surface area contributed by atoms with Crippen LogP contribution in [0.4, 0.5) is 11.5 Å². The molecule has 27 heavy (non-hydrogen) atoms. The number of allylic oxidation sites excluding steroid dienone is 1. The number of hydrogen-bond acceptors (Lipinski definition) is 4. The van der Waals surface area contributed by atoms with E-state index in [0.717, 1.165) is 22.2 Å². The second-order valence-corrected chi connectivity index (χ2v) is 7.44. The largest absolute Gasteiger partial charge is 0.497 e. The number of nitrogen functional groups attached to an aromatic ring is 1. The molecule has 0 bridgehead atoms. The predicted octanol–water partition coefficient (Wildman–Crippen LogP) is 4.73. The van der Waals surface area contributed by atoms with Crippen LogP contribution in [-0.4, -0.2) is 29.1 Å². The molecule has 0 aliphatic heterocycles. The maximum atomic E-state index is 12.4. The van der Waals surface area contributed by atoms with Crippen molar-refractivity contribution < 1.29 is 9.53 Å². The third-order valence-corrected chi connectivity index (χ3v) is 4.41. The van der Waals surface area contributed by atoms with Crippen molar-refractivity contribution in [3.63, 3.8) is 0 Å². The van der Waals surface area contributed by atoms with E-state index < -0.39 is 5.41 Å². The number of nitrogens with zero attached hydrogens (tertiary/aromatic N) is 1. The predicted molar refractivity (Wildman–Crippen MR) is 111 cm³/mol. The molecule has 0 saturated carbocycles. The van der Waals surface area contributed by atoms with Gasteiger partial charge in [-0.05, 0) is 23.8 Å². The first-order chi connectivity index (χ1) is 12.7. The van der Waals surface area contributed by atoms with Gasteiger partial charge in [0.2, 0.25) is 0 Å². The second kappa shape index (κ2) is 6.79. The summed E-state index contributed by atoms with van der Waals surface area (Å²) in [6, 6.07) is 5.80. The summed E-state index contributed by atoms with van der Waals surface area (Å²) >= 11 is 0. The van der Waals surface area contributed by atoms with E-state index in [1.807, 2.05) is 45.2 Å². The Bertz CT molecular complexity index is 1050. The summed E-state index contributed by atoms with van der Waals surface area (Å²) in [4.78, 5) is 23.0. The topological polar surface area (TPSA) is 96.3 Å². The summed E-state index contributed by atoms with van der Waals surface area (Å²) in [5, 5.41) is 0.994. The van der Waals surface area contributed by atoms with Crippen molar-refractivity contribution in [2.24, 2.45) is 10.4 Å². The van der Waals surface area contributed by atoms with Gasteiger partial charge in [-0.1, -0.05) is 27.4 Å². The van der Waals surface area contributed by atoms with Gasteiger partial charge in [0.05, 0.1) is 18.4 Å². The second-order valence-electron chi connectivity index (χ2n) is 7.44. The van der Waals surface area contributed by atoms with Crippen LogP contribution in [0.15, 0.2) is 42.2 Å². The number of benzene rings is 1. The Hall–Kier alpha value is -3.28. The van der Waals surface area contributed by atoms with Crippen molar-refractivity contribution in [1.82, 2.24) is 9.97 Å². The SMILES string of the molecule is C=C(C=Nc1[nH]cc(C(=O)C(C)(C)C)c1N)c1c[nH]c2ccc(OC)cc12. The fourth-order valence-electron chi connectivity index (χ4n) is 2.83. The first-order valence-corrected chi connectivity index (χ1v) is 8.62. The fraction of sp³-hybridized carbons (Fsp3) is 0.238. The zero-order valence-corrected chi connectivity index (χ0v) is 16.0. The summed E-state index contributed by atoms with van der Waals surface area (Å²) in [7, 11) is 1.63. The molecule has 0 spiro atoms. The van der Waals surface area contributed by atoms with E-state index in [1.54, 1.807) is 19.5 Å². The van der Waals surface area contributed by atoms with Gasteiger partial charge in [-0.2, -0.15) is 0 Å². The Morgan fingerprint density at radius 1 is 1.22 bits per heavy atom. The number of anilines is 1. The Morgan fingerprint density at radius 3 is 2.59 bits per heavy atom. The van der Waals surface area contributed by atoms with Gasteiger partial charge < -0.3 is 20.4 Å². The van der Waals surface area contributed by atoms with E-state index in [0.29, 0.717) is 22.6 Å². The van der Waals surface area contributed by atoms with Gasteiger partial charge in [0, 0.05) is 40.5 Å². The molecule has 0 amide bonds. The molecule has 2 heterocycles. The lowest BCUT2D eigenvalue weighted by atomic mass is 9.87. The number of methoxy groups -OCH3 is 1. The number of aliphatic imine (C=N–C) groups is 1. The number of H-pyrrole nitrogens is 2. The number of carbonyl (C=O) groups excluding carboxylic acids is 1. The number of aromatic amines is 2. The van der Waals surface area contributed by atoms with Gasteiger partial charge in [-0.15, -0.1) is 0 Å². The van der Waals surface area contributed by atoms with E-state index in [1.165, 1.54) is 0 Å². The number of carbonyl (C=O) groups is 1. The highest BCUT2D eigenvalue weighted by Crippen LogP contribution is 2.31. The molecular weight excluding hydrogens is 340 g/mol.